The van der Waals surface area contributed by atoms with Crippen LogP contribution in [0.1, 0.15) is 39.0 Å². The topological polar surface area (TPSA) is 198 Å². The number of halogens is 1. The average molecular weight is 679 g/mol. The molecule has 0 bridgehead atoms. The summed E-state index contributed by atoms with van der Waals surface area (Å²) in [4.78, 5) is 51.7. The third-order valence-corrected chi connectivity index (χ3v) is 9.42. The fraction of sp³-hybridized carbons (Fsp3) is 0.481. The van der Waals surface area contributed by atoms with E-state index in [1.54, 1.807) is 4.90 Å². The van der Waals surface area contributed by atoms with Gasteiger partial charge in [-0.1, -0.05) is 11.8 Å². The number of carboxylic acid groups (broad SMARTS) is 1. The van der Waals surface area contributed by atoms with Crippen LogP contribution in [0.25, 0.3) is 11.2 Å². The monoisotopic (exact) mass is 677 g/mol. The molecular weight excluding hydrogens is 646 g/mol. The zero-order valence-corrected chi connectivity index (χ0v) is 25.8. The molecule has 0 radical (unpaired) electrons. The summed E-state index contributed by atoms with van der Waals surface area (Å²) in [5, 5.41) is 9.49. The first-order valence-electron chi connectivity index (χ1n) is 13.8. The number of piperidine rings is 1. The number of ether oxygens (including phenoxy) is 3. The summed E-state index contributed by atoms with van der Waals surface area (Å²) in [5.41, 5.74) is 13.0. The second kappa shape index (κ2) is 13.3. The summed E-state index contributed by atoms with van der Waals surface area (Å²) in [6.45, 7) is 3.38. The van der Waals surface area contributed by atoms with Crippen LogP contribution in [-0.4, -0.2) is 79.4 Å². The first kappa shape index (κ1) is 30.8. The molecule has 0 spiro atoms. The number of carbonyl (C=O) groups excluding carboxylic acids is 2. The Kier molecular flexibility index (Phi) is 9.56. The quantitative estimate of drug-likeness (QED) is 0.251. The van der Waals surface area contributed by atoms with Crippen LogP contribution in [0.5, 0.6) is 11.5 Å². The minimum atomic E-state index is -1.09. The Labute approximate surface area is 259 Å². The van der Waals surface area contributed by atoms with Crippen LogP contribution in [0, 0.1) is 5.92 Å². The number of aliphatic carboxylic acids is 1. The number of rotatable bonds is 11. The molecule has 14 nitrogen and oxygen atoms in total. The van der Waals surface area contributed by atoms with Gasteiger partial charge in [-0.3, -0.25) is 14.4 Å². The van der Waals surface area contributed by atoms with Crippen LogP contribution in [0.15, 0.2) is 33.0 Å². The van der Waals surface area contributed by atoms with E-state index in [1.165, 1.54) is 25.0 Å². The molecule has 2 unspecified atom stereocenters. The molecule has 5 N–H and O–H groups in total. The van der Waals surface area contributed by atoms with Crippen LogP contribution >= 0.6 is 27.7 Å². The van der Waals surface area contributed by atoms with Crippen molar-refractivity contribution in [3.8, 4) is 11.5 Å². The van der Waals surface area contributed by atoms with Crippen molar-refractivity contribution in [3.05, 3.63) is 22.9 Å². The maximum Gasteiger partial charge on any atom is 0.323 e. The summed E-state index contributed by atoms with van der Waals surface area (Å²) in [6.07, 6.45) is 2.51. The fourth-order valence-corrected chi connectivity index (χ4v) is 6.52. The number of fused-ring (bicyclic) bond motifs is 2. The highest BCUT2D eigenvalue weighted by atomic mass is 79.9. The maximum absolute atomic E-state index is 12.9. The van der Waals surface area contributed by atoms with E-state index in [0.717, 1.165) is 28.6 Å². The van der Waals surface area contributed by atoms with Gasteiger partial charge in [0.25, 0.3) is 5.91 Å². The van der Waals surface area contributed by atoms with Gasteiger partial charge in [0.15, 0.2) is 39.7 Å². The molecule has 2 aliphatic heterocycles. The van der Waals surface area contributed by atoms with Crippen LogP contribution in [0.4, 0.5) is 5.82 Å². The third kappa shape index (κ3) is 7.13. The van der Waals surface area contributed by atoms with Gasteiger partial charge in [0.1, 0.15) is 12.4 Å². The highest BCUT2D eigenvalue weighted by Gasteiger charge is 2.30. The highest BCUT2D eigenvalue weighted by molar-refractivity contribution is 9.10. The predicted molar refractivity (Wildman–Crippen MR) is 158 cm³/mol. The van der Waals surface area contributed by atoms with Crippen molar-refractivity contribution < 1.29 is 33.7 Å². The van der Waals surface area contributed by atoms with Gasteiger partial charge in [0, 0.05) is 35.4 Å². The normalized spacial score (nSPS) is 16.3. The minimum absolute atomic E-state index is 0.0561. The van der Waals surface area contributed by atoms with Gasteiger partial charge in [-0.05, 0) is 66.6 Å². The van der Waals surface area contributed by atoms with E-state index in [-0.39, 0.29) is 25.5 Å². The number of carboxylic acids is 1. The number of likely N-dealkylation sites (tertiary alicyclic amines) is 1. The predicted octanol–water partition coefficient (Wildman–Crippen LogP) is 2.80. The molecule has 2 atom stereocenters. The van der Waals surface area contributed by atoms with E-state index >= 15 is 0 Å². The van der Waals surface area contributed by atoms with Crippen molar-refractivity contribution >= 4 is 62.5 Å². The number of hydrogen-bond acceptors (Lipinski definition) is 12. The Morgan fingerprint density at radius 2 is 1.93 bits per heavy atom. The Hall–Kier alpha value is -3.63. The number of hydrogen-bond donors (Lipinski definition) is 3. The average Bonchev–Trinajstić information content (AvgIpc) is 3.59. The van der Waals surface area contributed by atoms with Gasteiger partial charge in [-0.25, -0.2) is 15.0 Å². The SMILES string of the molecule is CC(OC(=O)C(N)CCC(=O)O)C(=O)N1CCC(CCn2c(Sc3cc4c(cc3Br)OCO4)nc3c(N)ncnc32)CC1. The van der Waals surface area contributed by atoms with E-state index < -0.39 is 24.1 Å². The molecule has 0 saturated carbocycles. The van der Waals surface area contributed by atoms with Crippen molar-refractivity contribution in [1.29, 1.82) is 0 Å². The Morgan fingerprint density at radius 1 is 1.21 bits per heavy atom. The molecule has 1 amide bonds. The van der Waals surface area contributed by atoms with Crippen LogP contribution in [-0.2, 0) is 25.7 Å². The number of esters is 1. The molecule has 0 aliphatic carbocycles. The molecule has 1 fully saturated rings. The first-order chi connectivity index (χ1) is 20.6. The van der Waals surface area contributed by atoms with Gasteiger partial charge >= 0.3 is 11.9 Å². The second-order valence-electron chi connectivity index (χ2n) is 10.4. The van der Waals surface area contributed by atoms with Gasteiger partial charge in [-0.15, -0.1) is 0 Å². The van der Waals surface area contributed by atoms with Crippen molar-refractivity contribution in [1.82, 2.24) is 24.4 Å². The van der Waals surface area contributed by atoms with Crippen LogP contribution < -0.4 is 20.9 Å². The third-order valence-electron chi connectivity index (χ3n) is 7.45. The second-order valence-corrected chi connectivity index (χ2v) is 12.3. The van der Waals surface area contributed by atoms with Gasteiger partial charge in [0.2, 0.25) is 6.79 Å². The molecule has 1 saturated heterocycles. The number of nitrogens with two attached hydrogens (primary N) is 2. The number of nitrogen functional groups attached to an aromatic ring is 1. The van der Waals surface area contributed by atoms with Gasteiger partial charge < -0.3 is 40.3 Å². The minimum Gasteiger partial charge on any atom is -0.481 e. The molecular formula is C27H32BrN7O7S. The largest absolute Gasteiger partial charge is 0.481 e. The lowest BCUT2D eigenvalue weighted by atomic mass is 9.93. The number of aromatic nitrogens is 4. The molecule has 16 heteroatoms. The molecule has 4 heterocycles. The van der Waals surface area contributed by atoms with Crippen molar-refractivity contribution in [3.63, 3.8) is 0 Å². The Bertz CT molecular complexity index is 1530. The van der Waals surface area contributed by atoms with E-state index in [4.69, 9.17) is 35.8 Å². The molecule has 2 aromatic heterocycles. The summed E-state index contributed by atoms with van der Waals surface area (Å²) >= 11 is 5.08. The van der Waals surface area contributed by atoms with E-state index in [2.05, 4.69) is 25.9 Å². The lowest BCUT2D eigenvalue weighted by Crippen LogP contribution is -2.46. The maximum atomic E-state index is 12.9. The lowest BCUT2D eigenvalue weighted by Gasteiger charge is -2.33. The van der Waals surface area contributed by atoms with Crippen molar-refractivity contribution in [2.75, 3.05) is 25.6 Å². The molecule has 43 heavy (non-hydrogen) atoms. The van der Waals surface area contributed by atoms with Crippen LogP contribution in [0.3, 0.4) is 0 Å². The zero-order chi connectivity index (χ0) is 30.7. The summed E-state index contributed by atoms with van der Waals surface area (Å²) in [6, 6.07) is 2.69. The molecule has 1 aromatic carbocycles. The fourth-order valence-electron chi connectivity index (χ4n) is 5.01. The molecule has 5 rings (SSSR count). The van der Waals surface area contributed by atoms with E-state index in [1.807, 2.05) is 16.7 Å². The summed E-state index contributed by atoms with van der Waals surface area (Å²) in [5.74, 6) is -0.136. The number of anilines is 1. The molecule has 2 aliphatic rings. The Balaban J connectivity index is 1.19. The Morgan fingerprint density at radius 3 is 2.65 bits per heavy atom. The summed E-state index contributed by atoms with van der Waals surface area (Å²) in [7, 11) is 0. The molecule has 3 aromatic rings. The number of amides is 1. The number of benzene rings is 1. The lowest BCUT2D eigenvalue weighted by molar-refractivity contribution is -0.161. The first-order valence-corrected chi connectivity index (χ1v) is 15.4. The number of aryl methyl sites for hydroxylation is 1. The number of imidazole rings is 1. The molecule has 230 valence electrons. The smallest absolute Gasteiger partial charge is 0.323 e. The van der Waals surface area contributed by atoms with E-state index in [0.29, 0.717) is 59.2 Å². The van der Waals surface area contributed by atoms with Gasteiger partial charge in [0.05, 0.1) is 0 Å². The number of nitrogens with zero attached hydrogens (tertiary/aromatic N) is 5. The van der Waals surface area contributed by atoms with Crippen LogP contribution in [0.2, 0.25) is 0 Å². The van der Waals surface area contributed by atoms with Crippen molar-refractivity contribution in [2.24, 2.45) is 11.7 Å². The van der Waals surface area contributed by atoms with E-state index in [9.17, 15) is 14.4 Å². The van der Waals surface area contributed by atoms with Gasteiger partial charge in [-0.2, -0.15) is 0 Å². The highest BCUT2D eigenvalue weighted by Crippen LogP contribution is 2.43. The summed E-state index contributed by atoms with van der Waals surface area (Å²) < 4.78 is 19.1. The zero-order valence-electron chi connectivity index (χ0n) is 23.4. The standard InChI is InChI=1S/C27H32BrN7O7S/c1-14(42-26(39)17(29)2-3-21(36)37)25(38)34-7-4-15(5-8-34)6-9-35-24-22(23(30)31-12-32-24)33-27(35)43-20-11-19-18(10-16(20)28)40-13-41-19/h10-12,14-15,17H,2-9,13,29H2,1H3,(H,36,37)(H2,30,31,32). The number of carbonyl (C=O) groups is 3. The van der Waals surface area contributed by atoms with Crippen molar-refractivity contribution in [2.45, 2.75) is 67.8 Å².